The number of nitrogens with one attached hydrogen (secondary N) is 1. The molecule has 0 spiro atoms. The van der Waals surface area contributed by atoms with E-state index >= 15 is 0 Å². The van der Waals surface area contributed by atoms with Gasteiger partial charge in [-0.2, -0.15) is 5.26 Å². The molecule has 1 N–H and O–H groups in total. The molecule has 1 aromatic rings. The third-order valence-corrected chi connectivity index (χ3v) is 3.54. The average Bonchev–Trinajstić information content (AvgIpc) is 3.21. The first-order chi connectivity index (χ1) is 8.22. The average molecular weight is 229 g/mol. The van der Waals surface area contributed by atoms with Gasteiger partial charge in [-0.15, -0.1) is 0 Å². The van der Waals surface area contributed by atoms with Crippen LogP contribution in [0, 0.1) is 11.3 Å². The summed E-state index contributed by atoms with van der Waals surface area (Å²) in [6.45, 7) is 0.731. The monoisotopic (exact) mass is 229 g/mol. The summed E-state index contributed by atoms with van der Waals surface area (Å²) < 4.78 is 0. The second-order valence-electron chi connectivity index (χ2n) is 4.78. The number of likely N-dealkylation sites (N-methyl/N-ethyl adjacent to an activating group) is 2. The molecule has 0 saturated heterocycles. The van der Waals surface area contributed by atoms with Gasteiger partial charge in [-0.1, -0.05) is 30.3 Å². The highest BCUT2D eigenvalue weighted by Crippen LogP contribution is 2.29. The molecule has 0 amide bonds. The van der Waals surface area contributed by atoms with E-state index in [4.69, 9.17) is 0 Å². The van der Waals surface area contributed by atoms with Crippen LogP contribution in [0.5, 0.6) is 0 Å². The fourth-order valence-corrected chi connectivity index (χ4v) is 2.21. The van der Waals surface area contributed by atoms with Crippen LogP contribution >= 0.6 is 0 Å². The standard InChI is InChI=1S/C14H19N3/c1-16-14(10-15,11-17(2)13-8-9-13)12-6-4-3-5-7-12/h3-7,13,16H,8-9,11H2,1-2H3. The highest BCUT2D eigenvalue weighted by atomic mass is 15.2. The molecule has 0 heterocycles. The zero-order valence-corrected chi connectivity index (χ0v) is 10.5. The number of benzene rings is 1. The van der Waals surface area contributed by atoms with Gasteiger partial charge in [-0.05, 0) is 32.5 Å². The van der Waals surface area contributed by atoms with Crippen molar-refractivity contribution in [2.45, 2.75) is 24.4 Å². The van der Waals surface area contributed by atoms with Crippen LogP contribution in [-0.2, 0) is 5.54 Å². The Bertz CT molecular complexity index is 405. The lowest BCUT2D eigenvalue weighted by atomic mass is 9.91. The molecular formula is C14H19N3. The van der Waals surface area contributed by atoms with Gasteiger partial charge in [0.05, 0.1) is 6.07 Å². The third-order valence-electron chi connectivity index (χ3n) is 3.54. The molecule has 17 heavy (non-hydrogen) atoms. The highest BCUT2D eigenvalue weighted by molar-refractivity contribution is 5.32. The van der Waals surface area contributed by atoms with Crippen LogP contribution in [0.3, 0.4) is 0 Å². The maximum Gasteiger partial charge on any atom is 0.144 e. The maximum atomic E-state index is 9.54. The Balaban J connectivity index is 2.22. The minimum atomic E-state index is -0.599. The van der Waals surface area contributed by atoms with Crippen molar-refractivity contribution in [3.63, 3.8) is 0 Å². The minimum Gasteiger partial charge on any atom is -0.300 e. The molecule has 0 aliphatic heterocycles. The van der Waals surface area contributed by atoms with E-state index in [1.807, 2.05) is 37.4 Å². The first-order valence-corrected chi connectivity index (χ1v) is 6.08. The molecule has 1 unspecified atom stereocenters. The van der Waals surface area contributed by atoms with Gasteiger partial charge >= 0.3 is 0 Å². The van der Waals surface area contributed by atoms with E-state index in [0.29, 0.717) is 6.04 Å². The summed E-state index contributed by atoms with van der Waals surface area (Å²) in [5, 5.41) is 12.7. The van der Waals surface area contributed by atoms with Gasteiger partial charge in [0.25, 0.3) is 0 Å². The maximum absolute atomic E-state index is 9.54. The van der Waals surface area contributed by atoms with Crippen molar-refractivity contribution in [1.29, 1.82) is 5.26 Å². The summed E-state index contributed by atoms with van der Waals surface area (Å²) in [4.78, 5) is 2.28. The zero-order valence-electron chi connectivity index (χ0n) is 10.5. The Kier molecular flexibility index (Phi) is 3.46. The summed E-state index contributed by atoms with van der Waals surface area (Å²) in [5.41, 5.74) is 0.441. The Morgan fingerprint density at radius 1 is 1.41 bits per heavy atom. The molecular weight excluding hydrogens is 210 g/mol. The number of nitrogens with zero attached hydrogens (tertiary/aromatic N) is 2. The molecule has 1 fully saturated rings. The first kappa shape index (κ1) is 12.1. The Labute approximate surface area is 103 Å². The molecule has 2 rings (SSSR count). The van der Waals surface area contributed by atoms with Crippen molar-refractivity contribution in [3.8, 4) is 6.07 Å². The van der Waals surface area contributed by atoms with Gasteiger partial charge in [0.2, 0.25) is 0 Å². The largest absolute Gasteiger partial charge is 0.300 e. The lowest BCUT2D eigenvalue weighted by Gasteiger charge is -2.31. The van der Waals surface area contributed by atoms with Crippen LogP contribution in [0.15, 0.2) is 30.3 Å². The predicted octanol–water partition coefficient (Wildman–Crippen LogP) is 1.72. The number of nitriles is 1. The lowest BCUT2D eigenvalue weighted by Crippen LogP contribution is -2.48. The van der Waals surface area contributed by atoms with Crippen LogP contribution in [-0.4, -0.2) is 31.6 Å². The van der Waals surface area contributed by atoms with Gasteiger partial charge in [-0.25, -0.2) is 0 Å². The number of rotatable bonds is 5. The van der Waals surface area contributed by atoms with Crippen molar-refractivity contribution >= 4 is 0 Å². The third kappa shape index (κ3) is 2.49. The molecule has 0 radical (unpaired) electrons. The smallest absolute Gasteiger partial charge is 0.144 e. The SMILES string of the molecule is CNC(C#N)(CN(C)C1CC1)c1ccccc1. The number of hydrogen-bond acceptors (Lipinski definition) is 3. The summed E-state index contributed by atoms with van der Waals surface area (Å²) in [5.74, 6) is 0. The molecule has 1 saturated carbocycles. The van der Waals surface area contributed by atoms with E-state index < -0.39 is 5.54 Å². The molecule has 3 nitrogen and oxygen atoms in total. The van der Waals surface area contributed by atoms with Crippen molar-refractivity contribution < 1.29 is 0 Å². The molecule has 1 aliphatic rings. The van der Waals surface area contributed by atoms with Crippen LogP contribution in [0.1, 0.15) is 18.4 Å². The van der Waals surface area contributed by atoms with Crippen molar-refractivity contribution in [2.75, 3.05) is 20.6 Å². The Hall–Kier alpha value is -1.37. The fraction of sp³-hybridized carbons (Fsp3) is 0.500. The van der Waals surface area contributed by atoms with E-state index in [9.17, 15) is 5.26 Å². The molecule has 1 aromatic carbocycles. The Morgan fingerprint density at radius 3 is 2.53 bits per heavy atom. The van der Waals surface area contributed by atoms with Gasteiger partial charge in [0.1, 0.15) is 5.54 Å². The normalized spacial score (nSPS) is 18.7. The summed E-state index contributed by atoms with van der Waals surface area (Å²) in [7, 11) is 3.96. The van der Waals surface area contributed by atoms with Crippen molar-refractivity contribution in [1.82, 2.24) is 10.2 Å². The van der Waals surface area contributed by atoms with Gasteiger partial charge in [0.15, 0.2) is 0 Å². The van der Waals surface area contributed by atoms with E-state index in [-0.39, 0.29) is 0 Å². The van der Waals surface area contributed by atoms with Crippen LogP contribution in [0.25, 0.3) is 0 Å². The van der Waals surface area contributed by atoms with E-state index in [0.717, 1.165) is 12.1 Å². The summed E-state index contributed by atoms with van der Waals surface area (Å²) in [6.07, 6.45) is 2.52. The fourth-order valence-electron chi connectivity index (χ4n) is 2.21. The molecule has 3 heteroatoms. The zero-order chi connectivity index (χ0) is 12.3. The van der Waals surface area contributed by atoms with E-state index in [1.54, 1.807) is 0 Å². The van der Waals surface area contributed by atoms with Gasteiger partial charge < -0.3 is 4.90 Å². The Morgan fingerprint density at radius 2 is 2.06 bits per heavy atom. The summed E-state index contributed by atoms with van der Waals surface area (Å²) in [6, 6.07) is 13.1. The molecule has 1 atom stereocenters. The minimum absolute atomic E-state index is 0.599. The van der Waals surface area contributed by atoms with Gasteiger partial charge in [-0.3, -0.25) is 5.32 Å². The first-order valence-electron chi connectivity index (χ1n) is 6.08. The molecule has 0 bridgehead atoms. The molecule has 1 aliphatic carbocycles. The predicted molar refractivity (Wildman–Crippen MR) is 68.4 cm³/mol. The lowest BCUT2D eigenvalue weighted by molar-refractivity contribution is 0.250. The topological polar surface area (TPSA) is 39.1 Å². The van der Waals surface area contributed by atoms with Crippen LogP contribution in [0.4, 0.5) is 0 Å². The van der Waals surface area contributed by atoms with Gasteiger partial charge in [0, 0.05) is 12.6 Å². The van der Waals surface area contributed by atoms with Crippen LogP contribution < -0.4 is 5.32 Å². The van der Waals surface area contributed by atoms with Crippen molar-refractivity contribution in [3.05, 3.63) is 35.9 Å². The van der Waals surface area contributed by atoms with E-state index in [1.165, 1.54) is 12.8 Å². The van der Waals surface area contributed by atoms with E-state index in [2.05, 4.69) is 23.3 Å². The van der Waals surface area contributed by atoms with Crippen molar-refractivity contribution in [2.24, 2.45) is 0 Å². The highest BCUT2D eigenvalue weighted by Gasteiger charge is 2.36. The number of hydrogen-bond donors (Lipinski definition) is 1. The quantitative estimate of drug-likeness (QED) is 0.835. The van der Waals surface area contributed by atoms with Crippen LogP contribution in [0.2, 0.25) is 0 Å². The molecule has 90 valence electrons. The second-order valence-corrected chi connectivity index (χ2v) is 4.78. The molecule has 0 aromatic heterocycles. The second kappa shape index (κ2) is 4.87. The summed E-state index contributed by atoms with van der Waals surface area (Å²) >= 11 is 0.